The molecule has 1 fully saturated rings. The molecule has 0 bridgehead atoms. The molecule has 1 aromatic heterocycles. The van der Waals surface area contributed by atoms with Crippen molar-refractivity contribution in [1.82, 2.24) is 19.9 Å². The molecule has 2 amide bonds. The Morgan fingerprint density at radius 2 is 2.04 bits per heavy atom. The zero-order valence-electron chi connectivity index (χ0n) is 14.8. The topological polar surface area (TPSA) is 63.1 Å². The van der Waals surface area contributed by atoms with Gasteiger partial charge in [0.05, 0.1) is 6.20 Å². The fraction of sp³-hybridized carbons (Fsp3) is 0.500. The number of carbonyl (C=O) groups excluding carboxylic acids is 1. The molecule has 0 spiro atoms. The number of benzene rings is 1. The number of nitrogens with zero attached hydrogens (tertiary/aromatic N) is 4. The number of nitrogens with one attached hydrogen (secondary N) is 1. The molecule has 0 radical (unpaired) electrons. The standard InChI is InChI=1S/C18H22F3N5O/c19-18(20,21)8-7-14-3-5-16(6-4-14)23-17(27)25-10-1-2-15(12-25)13-26-11-9-22-24-26/h3-6,9,11,15H,1-2,7-8,10,12-13H2,(H,23,27). The molecule has 2 aromatic rings. The Hall–Kier alpha value is -2.58. The lowest BCUT2D eigenvalue weighted by atomic mass is 9.98. The van der Waals surface area contributed by atoms with Gasteiger partial charge >= 0.3 is 12.2 Å². The maximum absolute atomic E-state index is 12.5. The Morgan fingerprint density at radius 1 is 1.26 bits per heavy atom. The number of alkyl halides is 3. The summed E-state index contributed by atoms with van der Waals surface area (Å²) in [7, 11) is 0. The molecule has 1 N–H and O–H groups in total. The van der Waals surface area contributed by atoms with Crippen molar-refractivity contribution in [2.45, 2.75) is 38.4 Å². The van der Waals surface area contributed by atoms with Crippen LogP contribution in [0.15, 0.2) is 36.7 Å². The van der Waals surface area contributed by atoms with E-state index in [4.69, 9.17) is 0 Å². The Bertz CT molecular complexity index is 730. The van der Waals surface area contributed by atoms with Crippen LogP contribution in [0.3, 0.4) is 0 Å². The van der Waals surface area contributed by atoms with E-state index in [1.165, 1.54) is 0 Å². The summed E-state index contributed by atoms with van der Waals surface area (Å²) >= 11 is 0. The minimum atomic E-state index is -4.16. The molecule has 3 rings (SSSR count). The van der Waals surface area contributed by atoms with Crippen molar-refractivity contribution in [3.8, 4) is 0 Å². The summed E-state index contributed by atoms with van der Waals surface area (Å²) in [5, 5.41) is 10.6. The summed E-state index contributed by atoms with van der Waals surface area (Å²) in [6.45, 7) is 2.04. The summed E-state index contributed by atoms with van der Waals surface area (Å²) in [4.78, 5) is 14.3. The van der Waals surface area contributed by atoms with Crippen LogP contribution in [0.25, 0.3) is 0 Å². The van der Waals surface area contributed by atoms with E-state index >= 15 is 0 Å². The molecule has 1 atom stereocenters. The number of aryl methyl sites for hydroxylation is 1. The molecular weight excluding hydrogens is 359 g/mol. The second kappa shape index (κ2) is 8.41. The highest BCUT2D eigenvalue weighted by molar-refractivity contribution is 5.89. The van der Waals surface area contributed by atoms with Crippen LogP contribution in [0.4, 0.5) is 23.7 Å². The van der Waals surface area contributed by atoms with Crippen LogP contribution in [0.5, 0.6) is 0 Å². The first-order valence-electron chi connectivity index (χ1n) is 8.95. The van der Waals surface area contributed by atoms with E-state index in [1.54, 1.807) is 46.2 Å². The number of likely N-dealkylation sites (tertiary alicyclic amines) is 1. The third kappa shape index (κ3) is 5.97. The van der Waals surface area contributed by atoms with Gasteiger partial charge in [-0.15, -0.1) is 5.10 Å². The molecule has 2 heterocycles. The minimum Gasteiger partial charge on any atom is -0.324 e. The first-order chi connectivity index (χ1) is 12.9. The Labute approximate surface area is 155 Å². The number of carbonyl (C=O) groups is 1. The lowest BCUT2D eigenvalue weighted by Crippen LogP contribution is -2.43. The lowest BCUT2D eigenvalue weighted by Gasteiger charge is -2.32. The van der Waals surface area contributed by atoms with Gasteiger partial charge in [-0.3, -0.25) is 4.68 Å². The highest BCUT2D eigenvalue weighted by Gasteiger charge is 2.26. The van der Waals surface area contributed by atoms with Crippen LogP contribution >= 0.6 is 0 Å². The van der Waals surface area contributed by atoms with Gasteiger partial charge in [0.1, 0.15) is 0 Å². The van der Waals surface area contributed by atoms with Crippen molar-refractivity contribution in [2.75, 3.05) is 18.4 Å². The van der Waals surface area contributed by atoms with Crippen molar-refractivity contribution >= 4 is 11.7 Å². The number of hydrogen-bond acceptors (Lipinski definition) is 3. The van der Waals surface area contributed by atoms with Crippen molar-refractivity contribution in [1.29, 1.82) is 0 Å². The van der Waals surface area contributed by atoms with Crippen LogP contribution in [-0.2, 0) is 13.0 Å². The second-order valence-corrected chi connectivity index (χ2v) is 6.82. The average Bonchev–Trinajstić information content (AvgIpc) is 3.14. The zero-order valence-corrected chi connectivity index (χ0v) is 14.8. The molecule has 1 aromatic carbocycles. The summed E-state index contributed by atoms with van der Waals surface area (Å²) in [5.41, 5.74) is 1.17. The van der Waals surface area contributed by atoms with Gasteiger partial charge in [0, 0.05) is 37.9 Å². The number of rotatable bonds is 5. The number of aromatic nitrogens is 3. The highest BCUT2D eigenvalue weighted by Crippen LogP contribution is 2.23. The van der Waals surface area contributed by atoms with E-state index in [0.29, 0.717) is 30.3 Å². The molecule has 1 unspecified atom stereocenters. The van der Waals surface area contributed by atoms with E-state index < -0.39 is 12.6 Å². The van der Waals surface area contributed by atoms with Gasteiger partial charge in [0.2, 0.25) is 0 Å². The predicted molar refractivity (Wildman–Crippen MR) is 94.2 cm³/mol. The van der Waals surface area contributed by atoms with Crippen LogP contribution < -0.4 is 5.32 Å². The Kier molecular flexibility index (Phi) is 5.98. The molecule has 1 aliphatic rings. The number of hydrogen-bond donors (Lipinski definition) is 1. The van der Waals surface area contributed by atoms with Crippen molar-refractivity contribution in [2.24, 2.45) is 5.92 Å². The SMILES string of the molecule is O=C(Nc1ccc(CCC(F)(F)F)cc1)N1CCCC(Cn2ccnn2)C1. The predicted octanol–water partition coefficient (Wildman–Crippen LogP) is 3.72. The quantitative estimate of drug-likeness (QED) is 0.859. The van der Waals surface area contributed by atoms with Gasteiger partial charge in [-0.05, 0) is 42.9 Å². The van der Waals surface area contributed by atoms with Crippen molar-refractivity contribution < 1.29 is 18.0 Å². The summed E-state index contributed by atoms with van der Waals surface area (Å²) in [5.74, 6) is 0.316. The first kappa shape index (κ1) is 19.2. The van der Waals surface area contributed by atoms with Crippen molar-refractivity contribution in [3.05, 3.63) is 42.2 Å². The molecule has 9 heteroatoms. The van der Waals surface area contributed by atoms with Crippen LogP contribution in [0, 0.1) is 5.92 Å². The fourth-order valence-electron chi connectivity index (χ4n) is 3.24. The van der Waals surface area contributed by atoms with E-state index in [1.807, 2.05) is 0 Å². The monoisotopic (exact) mass is 381 g/mol. The van der Waals surface area contributed by atoms with Crippen LogP contribution in [0.1, 0.15) is 24.8 Å². The summed E-state index contributed by atoms with van der Waals surface area (Å²) in [6.07, 6.45) is 0.309. The molecule has 0 aliphatic carbocycles. The Balaban J connectivity index is 1.50. The molecule has 0 saturated carbocycles. The number of urea groups is 1. The molecule has 6 nitrogen and oxygen atoms in total. The molecular formula is C18H22F3N5O. The number of anilines is 1. The van der Waals surface area contributed by atoms with Gasteiger partial charge < -0.3 is 10.2 Å². The Morgan fingerprint density at radius 3 is 2.70 bits per heavy atom. The molecule has 27 heavy (non-hydrogen) atoms. The number of amides is 2. The number of piperidine rings is 1. The molecule has 146 valence electrons. The van der Waals surface area contributed by atoms with Crippen LogP contribution in [-0.4, -0.2) is 45.2 Å². The summed E-state index contributed by atoms with van der Waals surface area (Å²) < 4.78 is 38.6. The molecule has 1 aliphatic heterocycles. The highest BCUT2D eigenvalue weighted by atomic mass is 19.4. The van der Waals surface area contributed by atoms with Gasteiger partial charge in [-0.25, -0.2) is 4.79 Å². The maximum atomic E-state index is 12.5. The zero-order chi connectivity index (χ0) is 19.3. The van der Waals surface area contributed by atoms with Gasteiger partial charge in [0.25, 0.3) is 0 Å². The van der Waals surface area contributed by atoms with E-state index in [2.05, 4.69) is 15.6 Å². The number of halogens is 3. The van der Waals surface area contributed by atoms with Gasteiger partial charge in [0.15, 0.2) is 0 Å². The van der Waals surface area contributed by atoms with E-state index in [-0.39, 0.29) is 12.5 Å². The summed E-state index contributed by atoms with van der Waals surface area (Å²) in [6, 6.07) is 6.32. The third-order valence-electron chi connectivity index (χ3n) is 4.63. The van der Waals surface area contributed by atoms with Crippen molar-refractivity contribution in [3.63, 3.8) is 0 Å². The van der Waals surface area contributed by atoms with Gasteiger partial charge in [-0.2, -0.15) is 13.2 Å². The molecule has 1 saturated heterocycles. The first-order valence-corrected chi connectivity index (χ1v) is 8.95. The smallest absolute Gasteiger partial charge is 0.324 e. The maximum Gasteiger partial charge on any atom is 0.389 e. The second-order valence-electron chi connectivity index (χ2n) is 6.82. The fourth-order valence-corrected chi connectivity index (χ4v) is 3.24. The van der Waals surface area contributed by atoms with E-state index in [0.717, 1.165) is 19.4 Å². The largest absolute Gasteiger partial charge is 0.389 e. The average molecular weight is 381 g/mol. The third-order valence-corrected chi connectivity index (χ3v) is 4.63. The van der Waals surface area contributed by atoms with E-state index in [9.17, 15) is 18.0 Å². The normalized spacial score (nSPS) is 17.7. The minimum absolute atomic E-state index is 0.0617. The lowest BCUT2D eigenvalue weighted by molar-refractivity contribution is -0.133. The van der Waals surface area contributed by atoms with Crippen LogP contribution in [0.2, 0.25) is 0 Å². The van der Waals surface area contributed by atoms with Gasteiger partial charge in [-0.1, -0.05) is 17.3 Å².